The van der Waals surface area contributed by atoms with Crippen LogP contribution in [-0.2, 0) is 16.0 Å². The Morgan fingerprint density at radius 2 is 1.81 bits per heavy atom. The molecule has 26 heavy (non-hydrogen) atoms. The molecule has 1 unspecified atom stereocenters. The van der Waals surface area contributed by atoms with Crippen LogP contribution in [0.5, 0.6) is 0 Å². The van der Waals surface area contributed by atoms with E-state index in [0.717, 1.165) is 29.5 Å². The summed E-state index contributed by atoms with van der Waals surface area (Å²) >= 11 is 0. The Bertz CT molecular complexity index is 835. The SMILES string of the molecule is Cc1cc(CCCC(CC(N)=O)C(N)=O)ccc1-c1ccc(C#N)cc1. The molecule has 2 aromatic rings. The van der Waals surface area contributed by atoms with E-state index >= 15 is 0 Å². The lowest BCUT2D eigenvalue weighted by Crippen LogP contribution is -2.28. The minimum Gasteiger partial charge on any atom is -0.370 e. The summed E-state index contributed by atoms with van der Waals surface area (Å²) in [7, 11) is 0. The van der Waals surface area contributed by atoms with E-state index in [-0.39, 0.29) is 6.42 Å². The number of amides is 2. The van der Waals surface area contributed by atoms with E-state index < -0.39 is 17.7 Å². The minimum absolute atomic E-state index is 0.00594. The van der Waals surface area contributed by atoms with Gasteiger partial charge in [-0.25, -0.2) is 0 Å². The molecule has 4 N–H and O–H groups in total. The van der Waals surface area contributed by atoms with Crippen LogP contribution in [0.4, 0.5) is 0 Å². The summed E-state index contributed by atoms with van der Waals surface area (Å²) in [5.41, 5.74) is 15.6. The normalized spacial score (nSPS) is 11.5. The third-order valence-corrected chi connectivity index (χ3v) is 4.48. The lowest BCUT2D eigenvalue weighted by Gasteiger charge is -2.12. The van der Waals surface area contributed by atoms with Gasteiger partial charge in [0.05, 0.1) is 11.6 Å². The molecule has 0 aliphatic rings. The number of primary amides is 2. The number of benzene rings is 2. The zero-order valence-electron chi connectivity index (χ0n) is 14.9. The fourth-order valence-corrected chi connectivity index (χ4v) is 3.07. The van der Waals surface area contributed by atoms with Gasteiger partial charge in [-0.3, -0.25) is 9.59 Å². The highest BCUT2D eigenvalue weighted by Gasteiger charge is 2.17. The first-order chi connectivity index (χ1) is 12.4. The molecule has 1 atom stereocenters. The van der Waals surface area contributed by atoms with Gasteiger partial charge in [-0.15, -0.1) is 0 Å². The van der Waals surface area contributed by atoms with Crippen LogP contribution in [0, 0.1) is 24.2 Å². The van der Waals surface area contributed by atoms with Crippen molar-refractivity contribution >= 4 is 11.8 Å². The van der Waals surface area contributed by atoms with Gasteiger partial charge in [-0.2, -0.15) is 5.26 Å². The third kappa shape index (κ3) is 5.18. The highest BCUT2D eigenvalue weighted by Crippen LogP contribution is 2.25. The summed E-state index contributed by atoms with van der Waals surface area (Å²) in [6.45, 7) is 2.05. The van der Waals surface area contributed by atoms with Crippen LogP contribution in [0.1, 0.15) is 36.0 Å². The van der Waals surface area contributed by atoms with Crippen LogP contribution in [0.2, 0.25) is 0 Å². The second-order valence-corrected chi connectivity index (χ2v) is 6.50. The van der Waals surface area contributed by atoms with Crippen molar-refractivity contribution in [2.75, 3.05) is 0 Å². The summed E-state index contributed by atoms with van der Waals surface area (Å²) in [6, 6.07) is 15.9. The first-order valence-corrected chi connectivity index (χ1v) is 8.58. The zero-order valence-corrected chi connectivity index (χ0v) is 14.9. The number of nitrogens with zero attached hydrogens (tertiary/aromatic N) is 1. The second kappa shape index (κ2) is 8.82. The summed E-state index contributed by atoms with van der Waals surface area (Å²) in [5, 5.41) is 8.89. The average molecular weight is 349 g/mol. The van der Waals surface area contributed by atoms with Crippen molar-refractivity contribution in [2.45, 2.75) is 32.6 Å². The molecule has 0 bridgehead atoms. The van der Waals surface area contributed by atoms with Crippen LogP contribution in [0.15, 0.2) is 42.5 Å². The van der Waals surface area contributed by atoms with Crippen molar-refractivity contribution in [2.24, 2.45) is 17.4 Å². The van der Waals surface area contributed by atoms with Crippen molar-refractivity contribution < 1.29 is 9.59 Å². The van der Waals surface area contributed by atoms with Gasteiger partial charge in [0.15, 0.2) is 0 Å². The van der Waals surface area contributed by atoms with Crippen LogP contribution < -0.4 is 11.5 Å². The van der Waals surface area contributed by atoms with E-state index in [4.69, 9.17) is 16.7 Å². The maximum absolute atomic E-state index is 11.4. The van der Waals surface area contributed by atoms with E-state index in [1.165, 1.54) is 5.56 Å². The van der Waals surface area contributed by atoms with E-state index in [2.05, 4.69) is 31.2 Å². The number of hydrogen-bond donors (Lipinski definition) is 2. The smallest absolute Gasteiger partial charge is 0.221 e. The largest absolute Gasteiger partial charge is 0.370 e. The predicted molar refractivity (Wildman–Crippen MR) is 101 cm³/mol. The molecule has 0 saturated heterocycles. The lowest BCUT2D eigenvalue weighted by atomic mass is 9.93. The van der Waals surface area contributed by atoms with Gasteiger partial charge in [0.25, 0.3) is 0 Å². The monoisotopic (exact) mass is 349 g/mol. The molecule has 0 spiro atoms. The van der Waals surface area contributed by atoms with Crippen molar-refractivity contribution in [3.8, 4) is 17.2 Å². The molecule has 2 amide bonds. The van der Waals surface area contributed by atoms with Crippen molar-refractivity contribution in [3.63, 3.8) is 0 Å². The number of hydrogen-bond acceptors (Lipinski definition) is 3. The molecule has 0 saturated carbocycles. The summed E-state index contributed by atoms with van der Waals surface area (Å²) in [5.74, 6) is -1.47. The van der Waals surface area contributed by atoms with E-state index in [0.29, 0.717) is 12.0 Å². The number of rotatable bonds is 8. The summed E-state index contributed by atoms with van der Waals surface area (Å²) in [6.07, 6.45) is 2.12. The maximum Gasteiger partial charge on any atom is 0.221 e. The molecule has 0 aliphatic heterocycles. The summed E-state index contributed by atoms with van der Waals surface area (Å²) in [4.78, 5) is 22.4. The van der Waals surface area contributed by atoms with Crippen LogP contribution in [0.3, 0.4) is 0 Å². The molecular formula is C21H23N3O2. The van der Waals surface area contributed by atoms with Crippen molar-refractivity contribution in [1.82, 2.24) is 0 Å². The number of aryl methyl sites for hydroxylation is 2. The standard InChI is InChI=1S/C21H23N3O2/c1-14-11-15(3-2-4-18(21(24)26)12-20(23)25)7-10-19(14)17-8-5-16(13-22)6-9-17/h5-11,18H,2-4,12H2,1H3,(H2,23,25)(H2,24,26). The van der Waals surface area contributed by atoms with Gasteiger partial charge >= 0.3 is 0 Å². The number of carbonyl (C=O) groups is 2. The van der Waals surface area contributed by atoms with Gasteiger partial charge in [0.1, 0.15) is 0 Å². The molecule has 5 heteroatoms. The van der Waals surface area contributed by atoms with Gasteiger partial charge in [-0.05, 0) is 60.6 Å². The highest BCUT2D eigenvalue weighted by atomic mass is 16.2. The molecule has 134 valence electrons. The van der Waals surface area contributed by atoms with Crippen LogP contribution >= 0.6 is 0 Å². The summed E-state index contributed by atoms with van der Waals surface area (Å²) < 4.78 is 0. The molecule has 5 nitrogen and oxygen atoms in total. The van der Waals surface area contributed by atoms with Gasteiger partial charge in [0.2, 0.25) is 11.8 Å². The Kier molecular flexibility index (Phi) is 6.51. The maximum atomic E-state index is 11.4. The van der Waals surface area contributed by atoms with E-state index in [1.54, 1.807) is 0 Å². The first kappa shape index (κ1) is 19.2. The quantitative estimate of drug-likeness (QED) is 0.764. The first-order valence-electron chi connectivity index (χ1n) is 8.58. The Hall–Kier alpha value is -3.13. The molecule has 0 aliphatic carbocycles. The van der Waals surface area contributed by atoms with Crippen LogP contribution in [-0.4, -0.2) is 11.8 Å². The second-order valence-electron chi connectivity index (χ2n) is 6.50. The Morgan fingerprint density at radius 1 is 1.12 bits per heavy atom. The van der Waals surface area contributed by atoms with Gasteiger partial charge in [0, 0.05) is 12.3 Å². The van der Waals surface area contributed by atoms with E-state index in [1.807, 2.05) is 24.3 Å². The Morgan fingerprint density at radius 3 is 2.35 bits per heavy atom. The van der Waals surface area contributed by atoms with Gasteiger partial charge < -0.3 is 11.5 Å². The average Bonchev–Trinajstić information content (AvgIpc) is 2.61. The van der Waals surface area contributed by atoms with Crippen molar-refractivity contribution in [1.29, 1.82) is 5.26 Å². The topological polar surface area (TPSA) is 110 Å². The Labute approximate surface area is 153 Å². The van der Waals surface area contributed by atoms with Gasteiger partial charge in [-0.1, -0.05) is 30.3 Å². The predicted octanol–water partition coefficient (Wildman–Crippen LogP) is 2.83. The molecule has 0 fully saturated rings. The Balaban J connectivity index is 2.01. The number of carbonyl (C=O) groups excluding carboxylic acids is 2. The minimum atomic E-state index is -0.503. The number of nitriles is 1. The van der Waals surface area contributed by atoms with Crippen LogP contribution in [0.25, 0.3) is 11.1 Å². The fraction of sp³-hybridized carbons (Fsp3) is 0.286. The van der Waals surface area contributed by atoms with Crippen molar-refractivity contribution in [3.05, 3.63) is 59.2 Å². The molecular weight excluding hydrogens is 326 g/mol. The molecule has 0 aromatic heterocycles. The molecule has 2 aromatic carbocycles. The number of nitrogens with two attached hydrogens (primary N) is 2. The zero-order chi connectivity index (χ0) is 19.1. The lowest BCUT2D eigenvalue weighted by molar-refractivity contribution is -0.127. The third-order valence-electron chi connectivity index (χ3n) is 4.48. The molecule has 0 heterocycles. The highest BCUT2D eigenvalue weighted by molar-refractivity contribution is 5.83. The van der Waals surface area contributed by atoms with E-state index in [9.17, 15) is 9.59 Å². The fourth-order valence-electron chi connectivity index (χ4n) is 3.07. The molecule has 0 radical (unpaired) electrons. The molecule has 2 rings (SSSR count).